The van der Waals surface area contributed by atoms with Crippen LogP contribution in [0.4, 0.5) is 4.39 Å². The lowest BCUT2D eigenvalue weighted by atomic mass is 10.0. The zero-order valence-electron chi connectivity index (χ0n) is 15.3. The van der Waals surface area contributed by atoms with Crippen molar-refractivity contribution in [2.24, 2.45) is 0 Å². The van der Waals surface area contributed by atoms with Crippen LogP contribution in [0.2, 0.25) is 0 Å². The smallest absolute Gasteiger partial charge is 0.221 e. The van der Waals surface area contributed by atoms with Gasteiger partial charge in [0.05, 0.1) is 5.69 Å². The van der Waals surface area contributed by atoms with E-state index >= 15 is 0 Å². The van der Waals surface area contributed by atoms with E-state index in [1.807, 2.05) is 18.2 Å². The van der Waals surface area contributed by atoms with Gasteiger partial charge in [0.25, 0.3) is 0 Å². The van der Waals surface area contributed by atoms with Gasteiger partial charge in [0.2, 0.25) is 5.95 Å². The number of nitrogens with zero attached hydrogens (tertiary/aromatic N) is 1. The van der Waals surface area contributed by atoms with Crippen LogP contribution in [0, 0.1) is 5.95 Å². The Kier molecular flexibility index (Phi) is 6.21. The molecule has 0 aliphatic heterocycles. The Bertz CT molecular complexity index is 858. The van der Waals surface area contributed by atoms with Gasteiger partial charge >= 0.3 is 0 Å². The molecule has 0 spiro atoms. The number of phenolic OH excluding ortho intramolecular Hbond substituents is 1. The number of aromatic nitrogens is 1. The molecule has 0 amide bonds. The molecular weight excluding hydrogens is 325 g/mol. The number of aromatic hydroxyl groups is 1. The van der Waals surface area contributed by atoms with Crippen molar-refractivity contribution in [1.82, 2.24) is 4.98 Å². The van der Waals surface area contributed by atoms with E-state index in [1.165, 1.54) is 37.7 Å². The maximum absolute atomic E-state index is 14.6. The fraction of sp³-hybridized carbons (Fsp3) is 0.348. The molecule has 2 aromatic carbocycles. The highest BCUT2D eigenvalue weighted by Gasteiger charge is 2.08. The molecule has 3 rings (SSSR count). The average Bonchev–Trinajstić information content (AvgIpc) is 2.65. The van der Waals surface area contributed by atoms with E-state index in [-0.39, 0.29) is 5.75 Å². The Balaban J connectivity index is 1.73. The number of phenols is 1. The predicted octanol–water partition coefficient (Wildman–Crippen LogP) is 6.65. The van der Waals surface area contributed by atoms with Gasteiger partial charge in [0, 0.05) is 10.9 Å². The summed E-state index contributed by atoms with van der Waals surface area (Å²) in [6.07, 6.45) is 8.55. The van der Waals surface area contributed by atoms with Crippen molar-refractivity contribution in [2.45, 2.75) is 51.9 Å². The third-order valence-corrected chi connectivity index (χ3v) is 4.83. The summed E-state index contributed by atoms with van der Waals surface area (Å²) in [5.74, 6) is -0.246. The number of hydrogen-bond acceptors (Lipinski definition) is 2. The normalized spacial score (nSPS) is 11.2. The first-order valence-corrected chi connectivity index (χ1v) is 9.56. The summed E-state index contributed by atoms with van der Waals surface area (Å²) in [6.45, 7) is 2.23. The first-order valence-electron chi connectivity index (χ1n) is 9.56. The van der Waals surface area contributed by atoms with E-state index in [1.54, 1.807) is 24.3 Å². The Labute approximate surface area is 154 Å². The van der Waals surface area contributed by atoms with E-state index < -0.39 is 5.95 Å². The number of pyridine rings is 1. The van der Waals surface area contributed by atoms with Crippen molar-refractivity contribution in [3.05, 3.63) is 60.0 Å². The Morgan fingerprint density at radius 2 is 1.62 bits per heavy atom. The van der Waals surface area contributed by atoms with Gasteiger partial charge in [-0.05, 0) is 60.2 Å². The lowest BCUT2D eigenvalue weighted by Gasteiger charge is -2.08. The van der Waals surface area contributed by atoms with Crippen molar-refractivity contribution in [3.63, 3.8) is 0 Å². The molecule has 0 atom stereocenters. The monoisotopic (exact) mass is 351 g/mol. The van der Waals surface area contributed by atoms with Crippen LogP contribution in [-0.4, -0.2) is 10.1 Å². The van der Waals surface area contributed by atoms with Crippen LogP contribution < -0.4 is 0 Å². The van der Waals surface area contributed by atoms with Gasteiger partial charge in [-0.3, -0.25) is 0 Å². The summed E-state index contributed by atoms with van der Waals surface area (Å²) in [5, 5.41) is 10.8. The molecule has 3 aromatic rings. The fourth-order valence-electron chi connectivity index (χ4n) is 3.30. The third-order valence-electron chi connectivity index (χ3n) is 4.83. The number of unbranched alkanes of at least 4 members (excludes halogenated alkanes) is 5. The Morgan fingerprint density at radius 3 is 2.38 bits per heavy atom. The number of halogens is 1. The summed E-state index contributed by atoms with van der Waals surface area (Å²) in [7, 11) is 0. The minimum absolute atomic E-state index is 0.189. The summed E-state index contributed by atoms with van der Waals surface area (Å²) in [6, 6.07) is 14.6. The maximum Gasteiger partial charge on any atom is 0.221 e. The molecule has 0 aliphatic rings. The SMILES string of the molecule is CCCCCCCCc1ccc2cc(-c3ccc(O)cc3)nc(F)c2c1. The van der Waals surface area contributed by atoms with Crippen molar-refractivity contribution in [3.8, 4) is 17.0 Å². The summed E-state index contributed by atoms with van der Waals surface area (Å²) in [5.41, 5.74) is 2.55. The van der Waals surface area contributed by atoms with Crippen molar-refractivity contribution >= 4 is 10.8 Å². The molecular formula is C23H26FNO. The summed E-state index contributed by atoms with van der Waals surface area (Å²) in [4.78, 5) is 4.12. The number of rotatable bonds is 8. The Hall–Kier alpha value is -2.42. The van der Waals surface area contributed by atoms with Gasteiger partial charge in [-0.15, -0.1) is 0 Å². The van der Waals surface area contributed by atoms with E-state index in [0.717, 1.165) is 23.8 Å². The van der Waals surface area contributed by atoms with Crippen LogP contribution >= 0.6 is 0 Å². The zero-order valence-corrected chi connectivity index (χ0v) is 15.3. The quantitative estimate of drug-likeness (QED) is 0.364. The number of aryl methyl sites for hydroxylation is 1. The van der Waals surface area contributed by atoms with Gasteiger partial charge in [-0.2, -0.15) is 4.39 Å². The second kappa shape index (κ2) is 8.79. The van der Waals surface area contributed by atoms with E-state index in [9.17, 15) is 9.50 Å². The molecule has 0 aliphatic carbocycles. The van der Waals surface area contributed by atoms with Crippen LogP contribution in [0.15, 0.2) is 48.5 Å². The fourth-order valence-corrected chi connectivity index (χ4v) is 3.30. The first kappa shape index (κ1) is 18.4. The second-order valence-electron chi connectivity index (χ2n) is 6.92. The maximum atomic E-state index is 14.6. The molecule has 0 unspecified atom stereocenters. The molecule has 1 heterocycles. The van der Waals surface area contributed by atoms with Crippen LogP contribution in [0.5, 0.6) is 5.75 Å². The van der Waals surface area contributed by atoms with Crippen LogP contribution in [0.3, 0.4) is 0 Å². The Morgan fingerprint density at radius 1 is 0.885 bits per heavy atom. The van der Waals surface area contributed by atoms with E-state index in [0.29, 0.717) is 11.1 Å². The van der Waals surface area contributed by atoms with Gasteiger partial charge in [-0.1, -0.05) is 51.2 Å². The highest BCUT2D eigenvalue weighted by Crippen LogP contribution is 2.26. The molecule has 26 heavy (non-hydrogen) atoms. The van der Waals surface area contributed by atoms with Crippen molar-refractivity contribution in [2.75, 3.05) is 0 Å². The predicted molar refractivity (Wildman–Crippen MR) is 106 cm³/mol. The minimum Gasteiger partial charge on any atom is -0.508 e. The number of benzene rings is 2. The molecule has 0 radical (unpaired) electrons. The molecule has 2 nitrogen and oxygen atoms in total. The molecule has 0 fully saturated rings. The van der Waals surface area contributed by atoms with Gasteiger partial charge in [0.15, 0.2) is 0 Å². The molecule has 0 saturated carbocycles. The van der Waals surface area contributed by atoms with Crippen molar-refractivity contribution in [1.29, 1.82) is 0 Å². The van der Waals surface area contributed by atoms with E-state index in [4.69, 9.17) is 0 Å². The topological polar surface area (TPSA) is 33.1 Å². The molecule has 0 saturated heterocycles. The minimum atomic E-state index is -0.435. The van der Waals surface area contributed by atoms with Gasteiger partial charge in [0.1, 0.15) is 5.75 Å². The average molecular weight is 351 g/mol. The molecule has 1 N–H and O–H groups in total. The van der Waals surface area contributed by atoms with Crippen LogP contribution in [0.1, 0.15) is 51.0 Å². The summed E-state index contributed by atoms with van der Waals surface area (Å²) >= 11 is 0. The first-order chi connectivity index (χ1) is 12.7. The highest BCUT2D eigenvalue weighted by molar-refractivity contribution is 5.86. The molecule has 1 aromatic heterocycles. The number of hydrogen-bond donors (Lipinski definition) is 1. The zero-order chi connectivity index (χ0) is 18.4. The van der Waals surface area contributed by atoms with Gasteiger partial charge in [-0.25, -0.2) is 4.98 Å². The molecule has 3 heteroatoms. The van der Waals surface area contributed by atoms with Crippen LogP contribution in [0.25, 0.3) is 22.0 Å². The van der Waals surface area contributed by atoms with Crippen LogP contribution in [-0.2, 0) is 6.42 Å². The largest absolute Gasteiger partial charge is 0.508 e. The standard InChI is InChI=1S/C23H26FNO/c1-2-3-4-5-6-7-8-17-9-10-19-16-22(25-23(24)21(19)15-17)18-11-13-20(26)14-12-18/h9-16,26H,2-8H2,1H3. The highest BCUT2D eigenvalue weighted by atomic mass is 19.1. The molecule has 0 bridgehead atoms. The molecule has 136 valence electrons. The lowest BCUT2D eigenvalue weighted by molar-refractivity contribution is 0.475. The van der Waals surface area contributed by atoms with E-state index in [2.05, 4.69) is 18.0 Å². The van der Waals surface area contributed by atoms with Gasteiger partial charge < -0.3 is 5.11 Å². The second-order valence-corrected chi connectivity index (χ2v) is 6.92. The number of fused-ring (bicyclic) bond motifs is 1. The lowest BCUT2D eigenvalue weighted by Crippen LogP contribution is -1.93. The van der Waals surface area contributed by atoms with Crippen molar-refractivity contribution < 1.29 is 9.50 Å². The summed E-state index contributed by atoms with van der Waals surface area (Å²) < 4.78 is 14.6. The third kappa shape index (κ3) is 4.60.